The number of nitrogens with zero attached hydrogens (tertiary/aromatic N) is 1. The number of nitrogens with one attached hydrogen (secondary N) is 1. The number of sulfone groups is 1. The molecule has 0 radical (unpaired) electrons. The molecule has 0 aromatic heterocycles. The molecule has 1 amide bonds. The van der Waals surface area contributed by atoms with Crippen LogP contribution in [0.1, 0.15) is 6.42 Å². The molecule has 1 saturated heterocycles. The van der Waals surface area contributed by atoms with Crippen molar-refractivity contribution < 1.29 is 22.7 Å². The Kier molecular flexibility index (Phi) is 7.78. The van der Waals surface area contributed by atoms with E-state index in [1.807, 2.05) is 0 Å². The first-order valence-corrected chi connectivity index (χ1v) is 9.06. The fourth-order valence-corrected chi connectivity index (χ4v) is 3.66. The summed E-state index contributed by atoms with van der Waals surface area (Å²) in [5, 5.41) is 3.15. The summed E-state index contributed by atoms with van der Waals surface area (Å²) < 4.78 is 35.0. The highest BCUT2D eigenvalue weighted by atomic mass is 35.5. The third-order valence-corrected chi connectivity index (χ3v) is 5.48. The standard InChI is InChI=1S/C15H22N2O5S.ClH/c1-21-13-4-3-12(11-14(13)22-2)23(19,20)10-5-15(18)17-8-6-16-7-9-17;/h3-4,11,16H,5-10H2,1-2H3;1H. The smallest absolute Gasteiger partial charge is 0.223 e. The molecular weight excluding hydrogens is 356 g/mol. The second kappa shape index (κ2) is 9.10. The number of rotatable bonds is 6. The van der Waals surface area contributed by atoms with Crippen molar-refractivity contribution in [3.05, 3.63) is 18.2 Å². The molecule has 0 spiro atoms. The maximum Gasteiger partial charge on any atom is 0.223 e. The highest BCUT2D eigenvalue weighted by molar-refractivity contribution is 7.91. The van der Waals surface area contributed by atoms with Gasteiger partial charge < -0.3 is 19.7 Å². The first kappa shape index (κ1) is 20.5. The molecule has 1 fully saturated rings. The van der Waals surface area contributed by atoms with Crippen LogP contribution in [-0.2, 0) is 14.6 Å². The highest BCUT2D eigenvalue weighted by Gasteiger charge is 2.22. The molecule has 1 aromatic rings. The Morgan fingerprint density at radius 3 is 2.38 bits per heavy atom. The molecular formula is C15H23ClN2O5S. The zero-order chi connectivity index (χ0) is 16.9. The lowest BCUT2D eigenvalue weighted by atomic mass is 10.3. The van der Waals surface area contributed by atoms with Crippen molar-refractivity contribution in [3.8, 4) is 11.5 Å². The van der Waals surface area contributed by atoms with Crippen LogP contribution in [-0.4, -0.2) is 65.4 Å². The van der Waals surface area contributed by atoms with E-state index < -0.39 is 9.84 Å². The minimum atomic E-state index is -3.55. The van der Waals surface area contributed by atoms with Gasteiger partial charge in [-0.3, -0.25) is 4.79 Å². The molecule has 7 nitrogen and oxygen atoms in total. The average Bonchev–Trinajstić information content (AvgIpc) is 2.59. The molecule has 24 heavy (non-hydrogen) atoms. The Balaban J connectivity index is 0.00000288. The number of hydrogen-bond acceptors (Lipinski definition) is 6. The number of hydrogen-bond donors (Lipinski definition) is 1. The van der Waals surface area contributed by atoms with E-state index in [-0.39, 0.29) is 35.4 Å². The molecule has 136 valence electrons. The van der Waals surface area contributed by atoms with E-state index in [1.54, 1.807) is 11.0 Å². The summed E-state index contributed by atoms with van der Waals surface area (Å²) in [6, 6.07) is 4.43. The number of benzene rings is 1. The van der Waals surface area contributed by atoms with Crippen LogP contribution in [0.4, 0.5) is 0 Å². The van der Waals surface area contributed by atoms with E-state index >= 15 is 0 Å². The average molecular weight is 379 g/mol. The van der Waals surface area contributed by atoms with Gasteiger partial charge in [-0.1, -0.05) is 0 Å². The molecule has 1 aliphatic heterocycles. The Hall–Kier alpha value is -1.51. The van der Waals surface area contributed by atoms with E-state index in [1.165, 1.54) is 26.4 Å². The molecule has 9 heteroatoms. The third kappa shape index (κ3) is 4.99. The zero-order valence-electron chi connectivity index (χ0n) is 13.8. The predicted molar refractivity (Wildman–Crippen MR) is 92.9 cm³/mol. The van der Waals surface area contributed by atoms with E-state index in [2.05, 4.69) is 5.32 Å². The van der Waals surface area contributed by atoms with Crippen LogP contribution in [0.15, 0.2) is 23.1 Å². The van der Waals surface area contributed by atoms with Crippen molar-refractivity contribution in [1.82, 2.24) is 10.2 Å². The number of piperazine rings is 1. The van der Waals surface area contributed by atoms with Gasteiger partial charge in [0.2, 0.25) is 5.91 Å². The number of methoxy groups -OCH3 is 2. The van der Waals surface area contributed by atoms with Crippen LogP contribution < -0.4 is 14.8 Å². The summed E-state index contributed by atoms with van der Waals surface area (Å²) in [7, 11) is -0.619. The van der Waals surface area contributed by atoms with Crippen molar-refractivity contribution in [2.24, 2.45) is 0 Å². The van der Waals surface area contributed by atoms with Gasteiger partial charge >= 0.3 is 0 Å². The molecule has 0 atom stereocenters. The summed E-state index contributed by atoms with van der Waals surface area (Å²) in [5.41, 5.74) is 0. The molecule has 0 saturated carbocycles. The summed E-state index contributed by atoms with van der Waals surface area (Å²) in [6.45, 7) is 2.73. The number of carbonyl (C=O) groups is 1. The van der Waals surface area contributed by atoms with Gasteiger partial charge in [0.1, 0.15) is 0 Å². The van der Waals surface area contributed by atoms with Gasteiger partial charge in [0.15, 0.2) is 21.3 Å². The monoisotopic (exact) mass is 378 g/mol. The van der Waals surface area contributed by atoms with Gasteiger partial charge in [0.05, 0.1) is 24.9 Å². The van der Waals surface area contributed by atoms with Crippen molar-refractivity contribution in [3.63, 3.8) is 0 Å². The predicted octanol–water partition coefficient (Wildman–Crippen LogP) is 0.721. The Morgan fingerprint density at radius 1 is 1.17 bits per heavy atom. The number of amides is 1. The Labute approximate surface area is 148 Å². The molecule has 1 N–H and O–H groups in total. The summed E-state index contributed by atoms with van der Waals surface area (Å²) in [4.78, 5) is 13.9. The van der Waals surface area contributed by atoms with Gasteiger partial charge in [-0.2, -0.15) is 0 Å². The second-order valence-electron chi connectivity index (χ2n) is 5.22. The number of ether oxygens (including phenoxy) is 2. The first-order valence-electron chi connectivity index (χ1n) is 7.41. The highest BCUT2D eigenvalue weighted by Crippen LogP contribution is 2.29. The fraction of sp³-hybridized carbons (Fsp3) is 0.533. The largest absolute Gasteiger partial charge is 0.493 e. The van der Waals surface area contributed by atoms with Gasteiger partial charge in [-0.15, -0.1) is 12.4 Å². The minimum absolute atomic E-state index is 0. The minimum Gasteiger partial charge on any atom is -0.493 e. The molecule has 0 aliphatic carbocycles. The third-order valence-electron chi connectivity index (χ3n) is 3.77. The van der Waals surface area contributed by atoms with Crippen LogP contribution in [0.2, 0.25) is 0 Å². The van der Waals surface area contributed by atoms with E-state index in [0.29, 0.717) is 24.6 Å². The first-order chi connectivity index (χ1) is 11.0. The fourth-order valence-electron chi connectivity index (χ4n) is 2.42. The molecule has 1 heterocycles. The van der Waals surface area contributed by atoms with Crippen LogP contribution in [0.3, 0.4) is 0 Å². The lowest BCUT2D eigenvalue weighted by Crippen LogP contribution is -2.46. The topological polar surface area (TPSA) is 84.9 Å². The summed E-state index contributed by atoms with van der Waals surface area (Å²) in [6.07, 6.45) is -0.0172. The molecule has 2 rings (SSSR count). The number of halogens is 1. The van der Waals surface area contributed by atoms with Crippen molar-refractivity contribution >= 4 is 28.2 Å². The molecule has 1 aliphatic rings. The van der Waals surface area contributed by atoms with Crippen molar-refractivity contribution in [2.75, 3.05) is 46.2 Å². The molecule has 0 unspecified atom stereocenters. The van der Waals surface area contributed by atoms with Crippen LogP contribution in [0.25, 0.3) is 0 Å². The Morgan fingerprint density at radius 2 is 1.79 bits per heavy atom. The zero-order valence-corrected chi connectivity index (χ0v) is 15.4. The van der Waals surface area contributed by atoms with E-state index in [4.69, 9.17) is 9.47 Å². The summed E-state index contributed by atoms with van der Waals surface area (Å²) >= 11 is 0. The lowest BCUT2D eigenvalue weighted by Gasteiger charge is -2.27. The molecule has 0 bridgehead atoms. The summed E-state index contributed by atoms with van der Waals surface area (Å²) in [5.74, 6) is 0.464. The van der Waals surface area contributed by atoms with Gasteiger partial charge in [0, 0.05) is 38.7 Å². The Bertz CT molecular complexity index is 660. The SMILES string of the molecule is COc1ccc(S(=O)(=O)CCC(=O)N2CCNCC2)cc1OC.Cl. The van der Waals surface area contributed by atoms with Crippen LogP contribution >= 0.6 is 12.4 Å². The lowest BCUT2D eigenvalue weighted by molar-refractivity contribution is -0.131. The molecule has 1 aromatic carbocycles. The van der Waals surface area contributed by atoms with Crippen molar-refractivity contribution in [1.29, 1.82) is 0 Å². The van der Waals surface area contributed by atoms with Crippen LogP contribution in [0, 0.1) is 0 Å². The number of carbonyl (C=O) groups excluding carboxylic acids is 1. The maximum absolute atomic E-state index is 12.4. The quantitative estimate of drug-likeness (QED) is 0.785. The second-order valence-corrected chi connectivity index (χ2v) is 7.33. The van der Waals surface area contributed by atoms with Gasteiger partial charge in [-0.05, 0) is 12.1 Å². The van der Waals surface area contributed by atoms with Crippen molar-refractivity contribution in [2.45, 2.75) is 11.3 Å². The normalized spacial score (nSPS) is 14.7. The van der Waals surface area contributed by atoms with Gasteiger partial charge in [-0.25, -0.2) is 8.42 Å². The van der Waals surface area contributed by atoms with Crippen LogP contribution in [0.5, 0.6) is 11.5 Å². The van der Waals surface area contributed by atoms with E-state index in [0.717, 1.165) is 13.1 Å². The van der Waals surface area contributed by atoms with Gasteiger partial charge in [0.25, 0.3) is 0 Å². The maximum atomic E-state index is 12.4. The van der Waals surface area contributed by atoms with E-state index in [9.17, 15) is 13.2 Å².